The summed E-state index contributed by atoms with van der Waals surface area (Å²) in [4.78, 5) is 52.9. The summed E-state index contributed by atoms with van der Waals surface area (Å²) in [7, 11) is 0. The Morgan fingerprint density at radius 1 is 1.22 bits per heavy atom. The summed E-state index contributed by atoms with van der Waals surface area (Å²) in [6, 6.07) is 3.83. The molecule has 1 aromatic rings. The van der Waals surface area contributed by atoms with Crippen LogP contribution < -0.4 is 16.4 Å². The quantitative estimate of drug-likeness (QED) is 0.321. The minimum Gasteiger partial charge on any atom is -0.508 e. The molecule has 10 nitrogen and oxygen atoms in total. The van der Waals surface area contributed by atoms with Gasteiger partial charge in [0.1, 0.15) is 23.4 Å². The number of unbranched alkanes of at least 4 members (excludes halogenated alkanes) is 1. The van der Waals surface area contributed by atoms with Gasteiger partial charge in [0.15, 0.2) is 0 Å². The van der Waals surface area contributed by atoms with Gasteiger partial charge in [0, 0.05) is 24.6 Å². The fourth-order valence-electron chi connectivity index (χ4n) is 3.97. The van der Waals surface area contributed by atoms with E-state index in [0.29, 0.717) is 13.0 Å². The van der Waals surface area contributed by atoms with Gasteiger partial charge in [-0.3, -0.25) is 14.4 Å². The molecule has 0 heterocycles. The van der Waals surface area contributed by atoms with Gasteiger partial charge in [0.05, 0.1) is 0 Å². The summed E-state index contributed by atoms with van der Waals surface area (Å²) in [6.45, 7) is 9.46. The van der Waals surface area contributed by atoms with Crippen LogP contribution >= 0.6 is 0 Å². The molecule has 0 aliphatic heterocycles. The van der Waals surface area contributed by atoms with Gasteiger partial charge in [-0.1, -0.05) is 38.5 Å². The van der Waals surface area contributed by atoms with Gasteiger partial charge in [-0.2, -0.15) is 0 Å². The van der Waals surface area contributed by atoms with Gasteiger partial charge >= 0.3 is 6.09 Å². The fourth-order valence-corrected chi connectivity index (χ4v) is 3.97. The van der Waals surface area contributed by atoms with E-state index in [-0.39, 0.29) is 36.1 Å². The van der Waals surface area contributed by atoms with E-state index in [9.17, 15) is 24.3 Å². The predicted molar refractivity (Wildman–Crippen MR) is 135 cm³/mol. The van der Waals surface area contributed by atoms with Gasteiger partial charge in [-0.05, 0) is 52.0 Å². The van der Waals surface area contributed by atoms with Gasteiger partial charge in [-0.15, -0.1) is 0 Å². The van der Waals surface area contributed by atoms with Crippen LogP contribution in [0.3, 0.4) is 0 Å². The van der Waals surface area contributed by atoms with Crippen molar-refractivity contribution in [3.63, 3.8) is 0 Å². The minimum atomic E-state index is -1.16. The van der Waals surface area contributed by atoms with Gasteiger partial charge in [-0.25, -0.2) is 4.79 Å². The highest BCUT2D eigenvalue weighted by molar-refractivity contribution is 5.93. The summed E-state index contributed by atoms with van der Waals surface area (Å²) < 4.78 is 5.32. The third-order valence-electron chi connectivity index (χ3n) is 5.93. The number of nitrogens with zero attached hydrogens (tertiary/aromatic N) is 1. The van der Waals surface area contributed by atoms with Crippen molar-refractivity contribution in [2.75, 3.05) is 6.54 Å². The van der Waals surface area contributed by atoms with E-state index in [1.807, 2.05) is 13.8 Å². The maximum atomic E-state index is 14.0. The molecule has 0 spiro atoms. The molecule has 0 bridgehead atoms. The maximum absolute atomic E-state index is 14.0. The molecule has 1 aromatic carbocycles. The largest absolute Gasteiger partial charge is 0.508 e. The highest BCUT2D eigenvalue weighted by Gasteiger charge is 2.48. The maximum Gasteiger partial charge on any atom is 0.408 e. The summed E-state index contributed by atoms with van der Waals surface area (Å²) in [5.41, 5.74) is 4.81. The number of benzene rings is 1. The SMILES string of the molecule is CCCCNC(=O)C(c1ccccc1O)N(C(=O)C(CCC(N)=O)NC(=O)OC(C)(C)C)C1CC1C. The van der Waals surface area contributed by atoms with Crippen LogP contribution in [0.2, 0.25) is 0 Å². The molecule has 2 rings (SSSR count). The molecule has 0 aromatic heterocycles. The van der Waals surface area contributed by atoms with E-state index in [4.69, 9.17) is 10.5 Å². The number of ether oxygens (including phenoxy) is 1. The number of phenols is 1. The van der Waals surface area contributed by atoms with Crippen LogP contribution in [0.1, 0.15) is 78.3 Å². The van der Waals surface area contributed by atoms with Crippen molar-refractivity contribution in [3.05, 3.63) is 29.8 Å². The summed E-state index contributed by atoms with van der Waals surface area (Å²) >= 11 is 0. The van der Waals surface area contributed by atoms with Crippen molar-refractivity contribution in [2.24, 2.45) is 11.7 Å². The van der Waals surface area contributed by atoms with E-state index in [1.165, 1.54) is 11.0 Å². The van der Waals surface area contributed by atoms with Crippen molar-refractivity contribution in [1.29, 1.82) is 0 Å². The number of hydrogen-bond acceptors (Lipinski definition) is 6. The lowest BCUT2D eigenvalue weighted by atomic mass is 10.00. The molecule has 1 fully saturated rings. The molecule has 5 N–H and O–H groups in total. The first-order valence-corrected chi connectivity index (χ1v) is 12.5. The van der Waals surface area contributed by atoms with Crippen molar-refractivity contribution < 1.29 is 29.0 Å². The number of primary amides is 1. The van der Waals surface area contributed by atoms with Crippen LogP contribution in [0.4, 0.5) is 4.79 Å². The number of rotatable bonds is 12. The Hall–Kier alpha value is -3.30. The Morgan fingerprint density at radius 3 is 2.39 bits per heavy atom. The number of aromatic hydroxyl groups is 1. The van der Waals surface area contributed by atoms with E-state index < -0.39 is 41.5 Å². The zero-order chi connectivity index (χ0) is 27.0. The first-order valence-electron chi connectivity index (χ1n) is 12.5. The predicted octanol–water partition coefficient (Wildman–Crippen LogP) is 2.75. The number of para-hydroxylation sites is 1. The molecule has 0 saturated heterocycles. The fraction of sp³-hybridized carbons (Fsp3) is 0.615. The summed E-state index contributed by atoms with van der Waals surface area (Å²) in [5, 5.41) is 16.1. The van der Waals surface area contributed by atoms with Gasteiger partial charge in [0.2, 0.25) is 17.7 Å². The number of amides is 4. The van der Waals surface area contributed by atoms with E-state index >= 15 is 0 Å². The number of carbonyl (C=O) groups excluding carboxylic acids is 4. The first-order chi connectivity index (χ1) is 16.9. The van der Waals surface area contributed by atoms with Crippen LogP contribution in [-0.4, -0.2) is 58.1 Å². The zero-order valence-corrected chi connectivity index (χ0v) is 21.9. The molecular weight excluding hydrogens is 464 g/mol. The lowest BCUT2D eigenvalue weighted by Crippen LogP contribution is -2.54. The standard InChI is InChI=1S/C26H40N4O6/c1-6-7-14-28-23(33)22(17-10-8-9-11-20(17)31)30(19-15-16(19)2)24(34)18(12-13-21(27)32)29-25(35)36-26(3,4)5/h8-11,16,18-19,22,31H,6-7,12-15H2,1-5H3,(H2,27,32)(H,28,33)(H,29,35). The molecule has 200 valence electrons. The molecule has 36 heavy (non-hydrogen) atoms. The van der Waals surface area contributed by atoms with Gasteiger partial charge < -0.3 is 31.1 Å². The molecule has 1 saturated carbocycles. The second-order valence-electron chi connectivity index (χ2n) is 10.3. The molecule has 10 heteroatoms. The second-order valence-corrected chi connectivity index (χ2v) is 10.3. The molecule has 1 aliphatic carbocycles. The molecule has 0 radical (unpaired) electrons. The van der Waals surface area contributed by atoms with E-state index in [0.717, 1.165) is 12.8 Å². The van der Waals surface area contributed by atoms with E-state index in [1.54, 1.807) is 39.0 Å². The number of phenolic OH excluding ortho intramolecular Hbond substituents is 1. The Bertz CT molecular complexity index is 945. The Morgan fingerprint density at radius 2 is 1.86 bits per heavy atom. The Balaban J connectivity index is 2.47. The summed E-state index contributed by atoms with van der Waals surface area (Å²) in [6.07, 6.45) is 1.26. The third kappa shape index (κ3) is 8.42. The number of nitrogens with one attached hydrogen (secondary N) is 2. The number of alkyl carbamates (subject to hydrolysis) is 1. The van der Waals surface area contributed by atoms with Crippen molar-refractivity contribution in [3.8, 4) is 5.75 Å². The van der Waals surface area contributed by atoms with Crippen LogP contribution in [0.25, 0.3) is 0 Å². The number of carbonyl (C=O) groups is 4. The molecular formula is C26H40N4O6. The van der Waals surface area contributed by atoms with Crippen LogP contribution in [0, 0.1) is 5.92 Å². The van der Waals surface area contributed by atoms with Crippen molar-refractivity contribution >= 4 is 23.8 Å². The van der Waals surface area contributed by atoms with Crippen molar-refractivity contribution in [1.82, 2.24) is 15.5 Å². The average molecular weight is 505 g/mol. The number of hydrogen-bond donors (Lipinski definition) is 4. The molecule has 4 unspecified atom stereocenters. The van der Waals surface area contributed by atoms with Crippen LogP contribution in [-0.2, 0) is 19.1 Å². The monoisotopic (exact) mass is 504 g/mol. The zero-order valence-electron chi connectivity index (χ0n) is 21.9. The highest BCUT2D eigenvalue weighted by Crippen LogP contribution is 2.42. The van der Waals surface area contributed by atoms with Crippen LogP contribution in [0.15, 0.2) is 24.3 Å². The minimum absolute atomic E-state index is 0.0596. The lowest BCUT2D eigenvalue weighted by molar-refractivity contribution is -0.143. The molecule has 4 amide bonds. The highest BCUT2D eigenvalue weighted by atomic mass is 16.6. The second kappa shape index (κ2) is 12.6. The van der Waals surface area contributed by atoms with Crippen molar-refractivity contribution in [2.45, 2.75) is 90.4 Å². The first kappa shape index (κ1) is 28.9. The lowest BCUT2D eigenvalue weighted by Gasteiger charge is -2.35. The summed E-state index contributed by atoms with van der Waals surface area (Å²) in [5.74, 6) is -1.60. The topological polar surface area (TPSA) is 151 Å². The Labute approximate surface area is 212 Å². The van der Waals surface area contributed by atoms with Crippen LogP contribution in [0.5, 0.6) is 5.75 Å². The third-order valence-corrected chi connectivity index (χ3v) is 5.93. The average Bonchev–Trinajstić information content (AvgIpc) is 3.49. The van der Waals surface area contributed by atoms with E-state index in [2.05, 4.69) is 10.6 Å². The molecule has 1 aliphatic rings. The normalized spacial score (nSPS) is 18.5. The van der Waals surface area contributed by atoms with Gasteiger partial charge in [0.25, 0.3) is 0 Å². The smallest absolute Gasteiger partial charge is 0.408 e. The molecule has 4 atom stereocenters. The number of nitrogens with two attached hydrogens (primary N) is 1. The Kier molecular flexibility index (Phi) is 10.1.